The van der Waals surface area contributed by atoms with E-state index >= 15 is 0 Å². The first-order chi connectivity index (χ1) is 11.1. The van der Waals surface area contributed by atoms with Gasteiger partial charge >= 0.3 is 0 Å². The Morgan fingerprint density at radius 3 is 2.83 bits per heavy atom. The number of rotatable bonds is 1. The van der Waals surface area contributed by atoms with Crippen molar-refractivity contribution in [1.82, 2.24) is 9.88 Å². The van der Waals surface area contributed by atoms with Gasteiger partial charge in [-0.1, -0.05) is 11.6 Å². The Bertz CT molecular complexity index is 894. The predicted molar refractivity (Wildman–Crippen MR) is 92.8 cm³/mol. The van der Waals surface area contributed by atoms with Gasteiger partial charge < -0.3 is 14.3 Å². The summed E-state index contributed by atoms with van der Waals surface area (Å²) in [6.45, 7) is 3.53. The molecule has 0 spiro atoms. The summed E-state index contributed by atoms with van der Waals surface area (Å²) >= 11 is 3.25. The number of aryl methyl sites for hydroxylation is 1. The highest BCUT2D eigenvalue weighted by Gasteiger charge is 2.24. The predicted octanol–water partition coefficient (Wildman–Crippen LogP) is 4.07. The number of hydrogen-bond donors (Lipinski definition) is 1. The number of amides is 1. The van der Waals surface area contributed by atoms with E-state index in [0.29, 0.717) is 23.5 Å². The minimum Gasteiger partial charge on any atom is -0.444 e. The van der Waals surface area contributed by atoms with Crippen molar-refractivity contribution in [1.29, 1.82) is 0 Å². The molecule has 4 rings (SSSR count). The van der Waals surface area contributed by atoms with Crippen LogP contribution in [0.25, 0.3) is 10.9 Å². The Balaban J connectivity index is 1.61. The van der Waals surface area contributed by atoms with Gasteiger partial charge in [-0.15, -0.1) is 0 Å². The lowest BCUT2D eigenvalue weighted by molar-refractivity contribution is 0.0729. The summed E-state index contributed by atoms with van der Waals surface area (Å²) in [4.78, 5) is 18.0. The summed E-state index contributed by atoms with van der Waals surface area (Å²) in [5.41, 5.74) is 5.05. The van der Waals surface area contributed by atoms with E-state index in [9.17, 15) is 4.79 Å². The lowest BCUT2D eigenvalue weighted by atomic mass is 10.1. The number of fused-ring (bicyclic) bond motifs is 3. The van der Waals surface area contributed by atoms with Gasteiger partial charge in [-0.05, 0) is 59.1 Å². The molecule has 0 radical (unpaired) electrons. The summed E-state index contributed by atoms with van der Waals surface area (Å²) in [5, 5.41) is 1.29. The monoisotopic (exact) mass is 372 g/mol. The van der Waals surface area contributed by atoms with Crippen LogP contribution in [0.5, 0.6) is 0 Å². The molecule has 5 heteroatoms. The van der Waals surface area contributed by atoms with Crippen LogP contribution in [0.4, 0.5) is 0 Å². The number of H-pyrrole nitrogens is 1. The van der Waals surface area contributed by atoms with Gasteiger partial charge in [-0.3, -0.25) is 4.79 Å². The summed E-state index contributed by atoms with van der Waals surface area (Å²) in [6, 6.07) is 9.97. The Labute approximate surface area is 142 Å². The third kappa shape index (κ3) is 2.59. The number of nitrogens with one attached hydrogen (secondary N) is 1. The first kappa shape index (κ1) is 14.6. The highest BCUT2D eigenvalue weighted by Crippen LogP contribution is 2.27. The van der Waals surface area contributed by atoms with Crippen molar-refractivity contribution in [2.45, 2.75) is 19.8 Å². The van der Waals surface area contributed by atoms with Crippen LogP contribution >= 0.6 is 15.9 Å². The fraction of sp³-hybridized carbons (Fsp3) is 0.278. The molecule has 0 fully saturated rings. The number of furan rings is 1. The molecule has 0 unspecified atom stereocenters. The number of carbonyl (C=O) groups is 1. The SMILES string of the molecule is Cc1ccc2[nH]c3c(c2c1)CCN(C(=O)c1ccc(Br)o1)CC3. The smallest absolute Gasteiger partial charge is 0.289 e. The average Bonchev–Trinajstić information content (AvgIpc) is 3.04. The van der Waals surface area contributed by atoms with Crippen molar-refractivity contribution in [3.63, 3.8) is 0 Å². The summed E-state index contributed by atoms with van der Waals surface area (Å²) in [5.74, 6) is 0.351. The van der Waals surface area contributed by atoms with Gasteiger partial charge in [0.1, 0.15) is 0 Å². The quantitative estimate of drug-likeness (QED) is 0.699. The van der Waals surface area contributed by atoms with Gasteiger partial charge in [-0.2, -0.15) is 0 Å². The second-order valence-electron chi connectivity index (χ2n) is 6.03. The summed E-state index contributed by atoms with van der Waals surface area (Å²) in [6.07, 6.45) is 1.71. The highest BCUT2D eigenvalue weighted by atomic mass is 79.9. The van der Waals surface area contributed by atoms with E-state index < -0.39 is 0 Å². The zero-order valence-electron chi connectivity index (χ0n) is 12.9. The first-order valence-corrected chi connectivity index (χ1v) is 8.56. The molecule has 2 aromatic heterocycles. The third-order valence-electron chi connectivity index (χ3n) is 4.48. The van der Waals surface area contributed by atoms with E-state index in [1.165, 1.54) is 27.7 Å². The van der Waals surface area contributed by atoms with Gasteiger partial charge in [0.15, 0.2) is 10.4 Å². The number of carbonyl (C=O) groups excluding carboxylic acids is 1. The number of hydrogen-bond acceptors (Lipinski definition) is 2. The van der Waals surface area contributed by atoms with Crippen molar-refractivity contribution >= 4 is 32.7 Å². The van der Waals surface area contributed by atoms with E-state index in [4.69, 9.17) is 4.42 Å². The molecule has 0 atom stereocenters. The number of halogens is 1. The topological polar surface area (TPSA) is 49.2 Å². The molecule has 118 valence electrons. The van der Waals surface area contributed by atoms with Gasteiger partial charge in [0.05, 0.1) is 0 Å². The van der Waals surface area contributed by atoms with Crippen LogP contribution in [0.3, 0.4) is 0 Å². The van der Waals surface area contributed by atoms with Crippen molar-refractivity contribution in [2.75, 3.05) is 13.1 Å². The largest absolute Gasteiger partial charge is 0.444 e. The molecular formula is C18H17BrN2O2. The maximum Gasteiger partial charge on any atom is 0.289 e. The Morgan fingerprint density at radius 1 is 1.22 bits per heavy atom. The van der Waals surface area contributed by atoms with Crippen LogP contribution in [0.1, 0.15) is 27.4 Å². The Kier molecular flexibility index (Phi) is 3.53. The van der Waals surface area contributed by atoms with Crippen molar-refractivity contribution in [3.05, 3.63) is 57.6 Å². The number of aromatic nitrogens is 1. The lowest BCUT2D eigenvalue weighted by Gasteiger charge is -2.18. The number of benzene rings is 1. The molecule has 0 bridgehead atoms. The summed E-state index contributed by atoms with van der Waals surface area (Å²) in [7, 11) is 0. The van der Waals surface area contributed by atoms with Crippen LogP contribution < -0.4 is 0 Å². The van der Waals surface area contributed by atoms with Gasteiger partial charge in [0.25, 0.3) is 5.91 Å². The zero-order chi connectivity index (χ0) is 16.0. The maximum atomic E-state index is 12.6. The normalized spacial score (nSPS) is 14.8. The molecule has 1 amide bonds. The molecule has 3 aromatic rings. The fourth-order valence-corrected chi connectivity index (χ4v) is 3.62. The molecular weight excluding hydrogens is 356 g/mol. The Hall–Kier alpha value is -2.01. The van der Waals surface area contributed by atoms with Crippen molar-refractivity contribution < 1.29 is 9.21 Å². The highest BCUT2D eigenvalue weighted by molar-refractivity contribution is 9.10. The second kappa shape index (κ2) is 5.57. The number of nitrogens with zero attached hydrogens (tertiary/aromatic N) is 1. The zero-order valence-corrected chi connectivity index (χ0v) is 14.4. The molecule has 1 aromatic carbocycles. The first-order valence-electron chi connectivity index (χ1n) is 7.76. The van der Waals surface area contributed by atoms with E-state index in [-0.39, 0.29) is 5.91 Å². The van der Waals surface area contributed by atoms with Crippen molar-refractivity contribution in [3.8, 4) is 0 Å². The lowest BCUT2D eigenvalue weighted by Crippen LogP contribution is -2.33. The van der Waals surface area contributed by atoms with Crippen molar-refractivity contribution in [2.24, 2.45) is 0 Å². The molecule has 1 aliphatic heterocycles. The van der Waals surface area contributed by atoms with Crippen LogP contribution in [0, 0.1) is 6.92 Å². The molecule has 3 heterocycles. The Morgan fingerprint density at radius 2 is 2.04 bits per heavy atom. The number of aromatic amines is 1. The molecule has 4 nitrogen and oxygen atoms in total. The van der Waals surface area contributed by atoms with Gasteiger partial charge in [0, 0.05) is 36.1 Å². The van der Waals surface area contributed by atoms with E-state index in [0.717, 1.165) is 12.8 Å². The third-order valence-corrected chi connectivity index (χ3v) is 4.91. The molecule has 1 N–H and O–H groups in total. The van der Waals surface area contributed by atoms with Crippen LogP contribution in [-0.4, -0.2) is 28.9 Å². The maximum absolute atomic E-state index is 12.6. The van der Waals surface area contributed by atoms with Gasteiger partial charge in [0.2, 0.25) is 0 Å². The average molecular weight is 373 g/mol. The van der Waals surface area contributed by atoms with Crippen LogP contribution in [0.2, 0.25) is 0 Å². The minimum absolute atomic E-state index is 0.0404. The minimum atomic E-state index is -0.0404. The van der Waals surface area contributed by atoms with Gasteiger partial charge in [-0.25, -0.2) is 0 Å². The second-order valence-corrected chi connectivity index (χ2v) is 6.81. The molecule has 23 heavy (non-hydrogen) atoms. The van der Waals surface area contributed by atoms with E-state index in [1.54, 1.807) is 12.1 Å². The molecule has 0 aliphatic carbocycles. The molecule has 0 saturated carbocycles. The molecule has 1 aliphatic rings. The standard InChI is InChI=1S/C18H17BrN2O2/c1-11-2-3-14-13(10-11)12-6-8-21(9-7-15(12)20-14)18(22)16-4-5-17(19)23-16/h2-5,10,20H,6-9H2,1H3. The van der Waals surface area contributed by atoms with E-state index in [2.05, 4.69) is 46.0 Å². The van der Waals surface area contributed by atoms with Crippen LogP contribution in [0.15, 0.2) is 39.4 Å². The molecule has 0 saturated heterocycles. The van der Waals surface area contributed by atoms with E-state index in [1.807, 2.05) is 4.90 Å². The fourth-order valence-electron chi connectivity index (χ4n) is 3.31. The van der Waals surface area contributed by atoms with Crippen LogP contribution in [-0.2, 0) is 12.8 Å². The summed E-state index contributed by atoms with van der Waals surface area (Å²) < 4.78 is 5.99.